The Morgan fingerprint density at radius 3 is 2.53 bits per heavy atom. The van der Waals surface area contributed by atoms with Gasteiger partial charge >= 0.3 is 6.18 Å². The van der Waals surface area contributed by atoms with Crippen LogP contribution in [-0.4, -0.2) is 57.0 Å². The highest BCUT2D eigenvalue weighted by atomic mass is 32.1. The van der Waals surface area contributed by atoms with Crippen molar-refractivity contribution in [2.24, 2.45) is 7.05 Å². The number of carbonyl (C=O) groups is 1. The highest BCUT2D eigenvalue weighted by Gasteiger charge is 2.37. The third-order valence-corrected chi connectivity index (χ3v) is 6.58. The van der Waals surface area contributed by atoms with Crippen LogP contribution in [0.2, 0.25) is 0 Å². The zero-order chi connectivity index (χ0) is 23.0. The molecule has 1 aliphatic rings. The van der Waals surface area contributed by atoms with Gasteiger partial charge in [-0.05, 0) is 37.1 Å². The first-order chi connectivity index (χ1) is 15.1. The fourth-order valence-electron chi connectivity index (χ4n) is 3.77. The lowest BCUT2D eigenvalue weighted by molar-refractivity contribution is -0.138. The van der Waals surface area contributed by atoms with Crippen LogP contribution in [0.3, 0.4) is 0 Å². The second kappa shape index (κ2) is 8.49. The molecule has 7 nitrogen and oxygen atoms in total. The third-order valence-electron chi connectivity index (χ3n) is 5.57. The smallest absolute Gasteiger partial charge is 0.346 e. The molecule has 1 fully saturated rings. The van der Waals surface area contributed by atoms with Crippen molar-refractivity contribution < 1.29 is 22.4 Å². The number of rotatable bonds is 4. The molecule has 1 saturated heterocycles. The van der Waals surface area contributed by atoms with Crippen molar-refractivity contribution in [3.8, 4) is 10.7 Å². The number of aryl methyl sites for hydroxylation is 1. The van der Waals surface area contributed by atoms with E-state index in [2.05, 4.69) is 15.3 Å². The number of benzene rings is 1. The van der Waals surface area contributed by atoms with Crippen LogP contribution in [0.5, 0.6) is 0 Å². The minimum Gasteiger partial charge on any atom is -0.346 e. The van der Waals surface area contributed by atoms with Crippen LogP contribution in [0.25, 0.3) is 10.7 Å². The summed E-state index contributed by atoms with van der Waals surface area (Å²) in [6, 6.07) is 3.73. The van der Waals surface area contributed by atoms with Crippen molar-refractivity contribution in [3.63, 3.8) is 0 Å². The number of aromatic nitrogens is 4. The number of hydrogen-bond acceptors (Lipinski definition) is 6. The highest BCUT2D eigenvalue weighted by Crippen LogP contribution is 2.34. The molecule has 0 unspecified atom stereocenters. The molecule has 12 heteroatoms. The van der Waals surface area contributed by atoms with E-state index >= 15 is 0 Å². The van der Waals surface area contributed by atoms with Crippen molar-refractivity contribution >= 4 is 22.4 Å². The van der Waals surface area contributed by atoms with Crippen LogP contribution in [0.4, 0.5) is 22.7 Å². The molecule has 0 radical (unpaired) electrons. The predicted octanol–water partition coefficient (Wildman–Crippen LogP) is 3.84. The van der Waals surface area contributed by atoms with Crippen LogP contribution in [0.1, 0.15) is 28.8 Å². The first-order valence-electron chi connectivity index (χ1n) is 9.86. The predicted molar refractivity (Wildman–Crippen MR) is 111 cm³/mol. The number of anilines is 1. The Labute approximate surface area is 185 Å². The molecule has 0 aliphatic carbocycles. The van der Waals surface area contributed by atoms with E-state index in [1.54, 1.807) is 10.9 Å². The van der Waals surface area contributed by atoms with Crippen LogP contribution in [0.15, 0.2) is 30.5 Å². The van der Waals surface area contributed by atoms with E-state index in [4.69, 9.17) is 0 Å². The summed E-state index contributed by atoms with van der Waals surface area (Å²) in [5.41, 5.74) is -0.953. The van der Waals surface area contributed by atoms with Gasteiger partial charge in [-0.25, -0.2) is 4.39 Å². The number of halogens is 4. The van der Waals surface area contributed by atoms with Crippen LogP contribution >= 0.6 is 11.3 Å². The third kappa shape index (κ3) is 4.31. The van der Waals surface area contributed by atoms with E-state index in [1.165, 1.54) is 23.3 Å². The normalized spacial score (nSPS) is 15.2. The molecular formula is C20H20F4N6OS. The Morgan fingerprint density at radius 1 is 1.19 bits per heavy atom. The summed E-state index contributed by atoms with van der Waals surface area (Å²) >= 11 is 1.43. The van der Waals surface area contributed by atoms with Gasteiger partial charge in [0.25, 0.3) is 5.91 Å². The van der Waals surface area contributed by atoms with E-state index in [-0.39, 0.29) is 6.04 Å². The summed E-state index contributed by atoms with van der Waals surface area (Å²) in [6.07, 6.45) is -2.02. The van der Waals surface area contributed by atoms with Gasteiger partial charge in [0, 0.05) is 39.4 Å². The molecule has 1 amide bonds. The zero-order valence-electron chi connectivity index (χ0n) is 17.3. The van der Waals surface area contributed by atoms with Crippen molar-refractivity contribution in [2.45, 2.75) is 25.1 Å². The molecule has 0 atom stereocenters. The van der Waals surface area contributed by atoms with Gasteiger partial charge < -0.3 is 9.80 Å². The maximum Gasteiger partial charge on any atom is 0.417 e. The number of nitrogens with zero attached hydrogens (tertiary/aromatic N) is 6. The average molecular weight is 468 g/mol. The number of carbonyl (C=O) groups excluding carboxylic acids is 1. The highest BCUT2D eigenvalue weighted by molar-refractivity contribution is 7.18. The molecule has 32 heavy (non-hydrogen) atoms. The molecule has 3 heterocycles. The number of hydrogen-bond donors (Lipinski definition) is 0. The first-order valence-corrected chi connectivity index (χ1v) is 10.7. The summed E-state index contributed by atoms with van der Waals surface area (Å²) in [4.78, 5) is 16.2. The topological polar surface area (TPSA) is 67.2 Å². The summed E-state index contributed by atoms with van der Waals surface area (Å²) in [7, 11) is 3.30. The Hall–Kier alpha value is -3.02. The number of piperidine rings is 1. The van der Waals surface area contributed by atoms with Gasteiger partial charge in [0.2, 0.25) is 5.13 Å². The van der Waals surface area contributed by atoms with Gasteiger partial charge in [0.1, 0.15) is 5.82 Å². The van der Waals surface area contributed by atoms with E-state index in [0.29, 0.717) is 32.0 Å². The number of alkyl halides is 3. The molecule has 0 bridgehead atoms. The standard InChI is InChI=1S/C20H20F4N6OS/c1-28(18(31)14-4-3-12(21)11-15(14)20(22,23)24)13-6-9-30(10-7-13)19-27-26-17(32-19)16-5-8-25-29(16)2/h3-5,8,11,13H,6-7,9-10H2,1-2H3. The fraction of sp³-hybridized carbons (Fsp3) is 0.400. The van der Waals surface area contributed by atoms with Gasteiger partial charge in [-0.15, -0.1) is 10.2 Å². The van der Waals surface area contributed by atoms with Crippen molar-refractivity contribution in [1.82, 2.24) is 24.9 Å². The van der Waals surface area contributed by atoms with E-state index in [9.17, 15) is 22.4 Å². The Kier molecular flexibility index (Phi) is 5.89. The van der Waals surface area contributed by atoms with Crippen molar-refractivity contribution in [3.05, 3.63) is 47.4 Å². The van der Waals surface area contributed by atoms with E-state index < -0.39 is 29.0 Å². The molecule has 0 spiro atoms. The summed E-state index contributed by atoms with van der Waals surface area (Å²) in [6.45, 7) is 1.16. The molecule has 1 aliphatic heterocycles. The minimum absolute atomic E-state index is 0.241. The fourth-order valence-corrected chi connectivity index (χ4v) is 4.72. The summed E-state index contributed by atoms with van der Waals surface area (Å²) in [5.74, 6) is -1.81. The lowest BCUT2D eigenvalue weighted by atomic mass is 10.0. The van der Waals surface area contributed by atoms with Gasteiger partial charge in [-0.1, -0.05) is 11.3 Å². The van der Waals surface area contributed by atoms with E-state index in [0.717, 1.165) is 28.0 Å². The maximum atomic E-state index is 13.4. The molecule has 2 aromatic heterocycles. The largest absolute Gasteiger partial charge is 0.417 e. The monoisotopic (exact) mass is 468 g/mol. The first kappa shape index (κ1) is 22.2. The van der Waals surface area contributed by atoms with Crippen LogP contribution in [-0.2, 0) is 13.2 Å². The molecular weight excluding hydrogens is 448 g/mol. The molecule has 170 valence electrons. The van der Waals surface area contributed by atoms with Gasteiger partial charge in [0.05, 0.1) is 16.8 Å². The summed E-state index contributed by atoms with van der Waals surface area (Å²) in [5, 5.41) is 14.1. The Morgan fingerprint density at radius 2 is 1.91 bits per heavy atom. The van der Waals surface area contributed by atoms with Gasteiger partial charge in [-0.3, -0.25) is 9.48 Å². The lowest BCUT2D eigenvalue weighted by Crippen LogP contribution is -2.46. The minimum atomic E-state index is -4.82. The molecule has 0 N–H and O–H groups in total. The Bertz CT molecular complexity index is 1120. The molecule has 0 saturated carbocycles. The second-order valence-corrected chi connectivity index (χ2v) is 8.51. The van der Waals surface area contributed by atoms with Crippen molar-refractivity contribution in [1.29, 1.82) is 0 Å². The zero-order valence-corrected chi connectivity index (χ0v) is 18.1. The van der Waals surface area contributed by atoms with Crippen LogP contribution in [0, 0.1) is 5.82 Å². The SMILES string of the molecule is CN(C(=O)c1ccc(F)cc1C(F)(F)F)C1CCN(c2nnc(-c3ccnn3C)s2)CC1. The van der Waals surface area contributed by atoms with E-state index in [1.807, 2.05) is 18.0 Å². The second-order valence-electron chi connectivity index (χ2n) is 7.55. The number of amides is 1. The molecule has 3 aromatic rings. The van der Waals surface area contributed by atoms with Crippen molar-refractivity contribution in [2.75, 3.05) is 25.0 Å². The quantitative estimate of drug-likeness (QED) is 0.545. The summed E-state index contributed by atoms with van der Waals surface area (Å²) < 4.78 is 55.0. The van der Waals surface area contributed by atoms with Gasteiger partial charge in [0.15, 0.2) is 5.01 Å². The molecule has 1 aromatic carbocycles. The maximum absolute atomic E-state index is 13.4. The van der Waals surface area contributed by atoms with Gasteiger partial charge in [-0.2, -0.15) is 18.3 Å². The van der Waals surface area contributed by atoms with Crippen LogP contribution < -0.4 is 4.90 Å². The molecule has 4 rings (SSSR count). The lowest BCUT2D eigenvalue weighted by Gasteiger charge is -2.36. The average Bonchev–Trinajstić information content (AvgIpc) is 3.41. The Balaban J connectivity index is 1.43.